The molecule has 0 spiro atoms. The molecule has 1 saturated heterocycles. The van der Waals surface area contributed by atoms with Crippen molar-refractivity contribution >= 4 is 0 Å². The summed E-state index contributed by atoms with van der Waals surface area (Å²) in [5.41, 5.74) is 1.94. The van der Waals surface area contributed by atoms with Crippen molar-refractivity contribution in [3.63, 3.8) is 0 Å². The van der Waals surface area contributed by atoms with Crippen LogP contribution in [0, 0.1) is 6.92 Å². The van der Waals surface area contributed by atoms with Gasteiger partial charge in [-0.3, -0.25) is 4.90 Å². The third-order valence-corrected chi connectivity index (χ3v) is 3.77. The van der Waals surface area contributed by atoms with Crippen LogP contribution in [0.3, 0.4) is 0 Å². The van der Waals surface area contributed by atoms with Crippen LogP contribution in [-0.2, 0) is 6.54 Å². The maximum Gasteiger partial charge on any atom is 0.196 e. The first-order valence-electron chi connectivity index (χ1n) is 7.25. The van der Waals surface area contributed by atoms with E-state index < -0.39 is 0 Å². The summed E-state index contributed by atoms with van der Waals surface area (Å²) in [7, 11) is 0. The van der Waals surface area contributed by atoms with Crippen LogP contribution in [0.2, 0.25) is 0 Å². The van der Waals surface area contributed by atoms with E-state index in [1.54, 1.807) is 6.26 Å². The minimum atomic E-state index is 0.315. The Labute approximate surface area is 119 Å². The van der Waals surface area contributed by atoms with Gasteiger partial charge < -0.3 is 8.94 Å². The largest absolute Gasteiger partial charge is 0.448 e. The molecule has 0 bridgehead atoms. The summed E-state index contributed by atoms with van der Waals surface area (Å²) in [6.07, 6.45) is 4.07. The molecule has 0 N–H and O–H groups in total. The van der Waals surface area contributed by atoms with Crippen LogP contribution in [0.4, 0.5) is 0 Å². The third kappa shape index (κ3) is 2.63. The van der Waals surface area contributed by atoms with Crippen LogP contribution in [0.5, 0.6) is 0 Å². The molecule has 3 heterocycles. The molecule has 5 nitrogen and oxygen atoms in total. The van der Waals surface area contributed by atoms with E-state index in [0.717, 1.165) is 42.5 Å². The second-order valence-electron chi connectivity index (χ2n) is 5.83. The minimum Gasteiger partial charge on any atom is -0.448 e. The van der Waals surface area contributed by atoms with E-state index >= 15 is 0 Å². The van der Waals surface area contributed by atoms with E-state index in [1.807, 2.05) is 13.0 Å². The Balaban J connectivity index is 1.72. The van der Waals surface area contributed by atoms with Crippen molar-refractivity contribution in [3.05, 3.63) is 35.4 Å². The average molecular weight is 275 g/mol. The summed E-state index contributed by atoms with van der Waals surface area (Å²) in [5.74, 6) is 2.11. The molecule has 2 aromatic heterocycles. The molecule has 0 aliphatic carbocycles. The Kier molecular flexibility index (Phi) is 3.61. The first-order chi connectivity index (χ1) is 9.63. The highest BCUT2D eigenvalue weighted by Crippen LogP contribution is 2.33. The van der Waals surface area contributed by atoms with Crippen LogP contribution in [0.1, 0.15) is 61.7 Å². The van der Waals surface area contributed by atoms with E-state index in [-0.39, 0.29) is 0 Å². The van der Waals surface area contributed by atoms with Gasteiger partial charge in [-0.2, -0.15) is 0 Å². The smallest absolute Gasteiger partial charge is 0.196 e. The van der Waals surface area contributed by atoms with E-state index in [0.29, 0.717) is 12.0 Å². The molecule has 0 saturated carbocycles. The molecule has 20 heavy (non-hydrogen) atoms. The number of aromatic nitrogens is 2. The lowest BCUT2D eigenvalue weighted by molar-refractivity contribution is 0.204. The van der Waals surface area contributed by atoms with Crippen molar-refractivity contribution in [2.24, 2.45) is 0 Å². The molecule has 1 aliphatic rings. The maximum absolute atomic E-state index is 5.51. The van der Waals surface area contributed by atoms with Gasteiger partial charge in [0.25, 0.3) is 0 Å². The monoisotopic (exact) mass is 275 g/mol. The summed E-state index contributed by atoms with van der Waals surface area (Å²) in [6, 6.07) is 2.35. The summed E-state index contributed by atoms with van der Waals surface area (Å²) >= 11 is 0. The fraction of sp³-hybridized carbons (Fsp3) is 0.600. The molecular formula is C15H21N3O2. The lowest BCUT2D eigenvalue weighted by atomic mass is 10.1. The highest BCUT2D eigenvalue weighted by molar-refractivity contribution is 5.10. The molecule has 1 atom stereocenters. The van der Waals surface area contributed by atoms with Gasteiger partial charge in [0.05, 0.1) is 17.4 Å². The molecular weight excluding hydrogens is 254 g/mol. The Morgan fingerprint density at radius 1 is 1.45 bits per heavy atom. The zero-order chi connectivity index (χ0) is 14.1. The fourth-order valence-electron chi connectivity index (χ4n) is 2.75. The van der Waals surface area contributed by atoms with Gasteiger partial charge in [-0.15, -0.1) is 0 Å². The second kappa shape index (κ2) is 5.40. The zero-order valence-corrected chi connectivity index (χ0v) is 12.3. The van der Waals surface area contributed by atoms with Gasteiger partial charge in [0.15, 0.2) is 11.7 Å². The number of aryl methyl sites for hydroxylation is 1. The number of oxazole rings is 1. The standard InChI is InChI=1S/C15H21N3O2/c1-10(2)15-16-12(9-19-15)8-18-6-4-5-13(18)14-7-11(3)17-20-14/h7,9-10,13H,4-6,8H2,1-3H3/t13-/m1/s1. The molecule has 108 valence electrons. The molecule has 5 heteroatoms. The molecule has 0 unspecified atom stereocenters. The second-order valence-corrected chi connectivity index (χ2v) is 5.83. The average Bonchev–Trinajstić information content (AvgIpc) is 3.09. The zero-order valence-electron chi connectivity index (χ0n) is 12.3. The number of likely N-dealkylation sites (tertiary alicyclic amines) is 1. The predicted octanol–water partition coefficient (Wildman–Crippen LogP) is 3.43. The van der Waals surface area contributed by atoms with Crippen molar-refractivity contribution in [2.75, 3.05) is 6.54 Å². The number of hydrogen-bond acceptors (Lipinski definition) is 5. The van der Waals surface area contributed by atoms with Crippen LogP contribution in [-0.4, -0.2) is 21.6 Å². The van der Waals surface area contributed by atoms with Gasteiger partial charge in [-0.05, 0) is 26.3 Å². The van der Waals surface area contributed by atoms with Gasteiger partial charge in [0, 0.05) is 18.5 Å². The van der Waals surface area contributed by atoms with Crippen LogP contribution in [0.25, 0.3) is 0 Å². The summed E-state index contributed by atoms with van der Waals surface area (Å²) < 4.78 is 10.9. The molecule has 0 radical (unpaired) electrons. The normalized spacial score (nSPS) is 20.1. The van der Waals surface area contributed by atoms with E-state index in [2.05, 4.69) is 28.9 Å². The molecule has 3 rings (SSSR count). The van der Waals surface area contributed by atoms with Crippen molar-refractivity contribution in [1.29, 1.82) is 0 Å². The molecule has 2 aromatic rings. The third-order valence-electron chi connectivity index (χ3n) is 3.77. The van der Waals surface area contributed by atoms with Gasteiger partial charge in [-0.1, -0.05) is 19.0 Å². The van der Waals surface area contributed by atoms with E-state index in [9.17, 15) is 0 Å². The SMILES string of the molecule is Cc1cc([C@H]2CCCN2Cc2coc(C(C)C)n2)on1. The quantitative estimate of drug-likeness (QED) is 0.855. The van der Waals surface area contributed by atoms with Crippen molar-refractivity contribution in [2.45, 2.75) is 52.1 Å². The van der Waals surface area contributed by atoms with Gasteiger partial charge in [0.2, 0.25) is 0 Å². The summed E-state index contributed by atoms with van der Waals surface area (Å²) in [5, 5.41) is 3.99. The van der Waals surface area contributed by atoms with Gasteiger partial charge >= 0.3 is 0 Å². The van der Waals surface area contributed by atoms with Gasteiger partial charge in [0.1, 0.15) is 6.26 Å². The van der Waals surface area contributed by atoms with Crippen LogP contribution in [0.15, 0.2) is 21.3 Å². The Hall–Kier alpha value is -1.62. The summed E-state index contributed by atoms with van der Waals surface area (Å²) in [6.45, 7) is 8.00. The van der Waals surface area contributed by atoms with Crippen LogP contribution >= 0.6 is 0 Å². The number of rotatable bonds is 4. The maximum atomic E-state index is 5.51. The first kappa shape index (κ1) is 13.4. The predicted molar refractivity (Wildman–Crippen MR) is 74.2 cm³/mol. The topological polar surface area (TPSA) is 55.3 Å². The van der Waals surface area contributed by atoms with Gasteiger partial charge in [-0.25, -0.2) is 4.98 Å². The minimum absolute atomic E-state index is 0.315. The Morgan fingerprint density at radius 2 is 2.30 bits per heavy atom. The first-order valence-corrected chi connectivity index (χ1v) is 7.25. The van der Waals surface area contributed by atoms with Crippen LogP contribution < -0.4 is 0 Å². The molecule has 1 aliphatic heterocycles. The van der Waals surface area contributed by atoms with Crippen molar-refractivity contribution < 1.29 is 8.94 Å². The lowest BCUT2D eigenvalue weighted by Crippen LogP contribution is -2.22. The summed E-state index contributed by atoms with van der Waals surface area (Å²) in [4.78, 5) is 6.94. The van der Waals surface area contributed by atoms with E-state index in [1.165, 1.54) is 6.42 Å². The molecule has 1 fully saturated rings. The van der Waals surface area contributed by atoms with E-state index in [4.69, 9.17) is 8.94 Å². The lowest BCUT2D eigenvalue weighted by Gasteiger charge is -2.20. The highest BCUT2D eigenvalue weighted by Gasteiger charge is 2.29. The Bertz CT molecular complexity index is 573. The van der Waals surface area contributed by atoms with Crippen molar-refractivity contribution in [3.8, 4) is 0 Å². The molecule has 0 aromatic carbocycles. The number of nitrogens with zero attached hydrogens (tertiary/aromatic N) is 3. The Morgan fingerprint density at radius 3 is 2.95 bits per heavy atom. The molecule has 0 amide bonds. The fourth-order valence-corrected chi connectivity index (χ4v) is 2.75. The highest BCUT2D eigenvalue weighted by atomic mass is 16.5. The number of hydrogen-bond donors (Lipinski definition) is 0. The van der Waals surface area contributed by atoms with Crippen molar-refractivity contribution in [1.82, 2.24) is 15.0 Å².